The highest BCUT2D eigenvalue weighted by molar-refractivity contribution is 6.30. The standard InChI is InChI=1S/C26H21ClN2O5/c1-2-31-18-7-3-16(4-8-18)25-21-12-11-20(13-23(21)34-26(29)22(25)14-28)33-24(30)15-32-19-9-5-17(27)6-10-19/h3-13,25H,2,15,29H2,1H3. The Balaban J connectivity index is 1.53. The number of hydrogen-bond donors (Lipinski definition) is 1. The molecule has 0 bridgehead atoms. The zero-order valence-corrected chi connectivity index (χ0v) is 19.0. The van der Waals surface area contributed by atoms with Gasteiger partial charge in [0.25, 0.3) is 0 Å². The number of esters is 1. The predicted octanol–water partition coefficient (Wildman–Crippen LogP) is 4.94. The summed E-state index contributed by atoms with van der Waals surface area (Å²) in [5.74, 6) is 0.884. The molecule has 3 aromatic carbocycles. The van der Waals surface area contributed by atoms with Gasteiger partial charge in [-0.3, -0.25) is 0 Å². The molecule has 7 nitrogen and oxygen atoms in total. The van der Waals surface area contributed by atoms with Crippen LogP contribution in [-0.2, 0) is 4.79 Å². The smallest absolute Gasteiger partial charge is 0.349 e. The van der Waals surface area contributed by atoms with Gasteiger partial charge in [-0.1, -0.05) is 29.8 Å². The average molecular weight is 477 g/mol. The fraction of sp³-hybridized carbons (Fsp3) is 0.154. The average Bonchev–Trinajstić information content (AvgIpc) is 2.83. The first-order valence-electron chi connectivity index (χ1n) is 10.5. The number of carbonyl (C=O) groups is 1. The van der Waals surface area contributed by atoms with Gasteiger partial charge in [0.2, 0.25) is 5.88 Å². The Hall–Kier alpha value is -4.15. The molecule has 0 spiro atoms. The van der Waals surface area contributed by atoms with Gasteiger partial charge in [0.1, 0.15) is 34.6 Å². The molecule has 3 aromatic rings. The third-order valence-corrected chi connectivity index (χ3v) is 5.37. The molecule has 0 saturated heterocycles. The van der Waals surface area contributed by atoms with Gasteiger partial charge in [-0.2, -0.15) is 5.26 Å². The van der Waals surface area contributed by atoms with E-state index in [0.717, 1.165) is 16.9 Å². The summed E-state index contributed by atoms with van der Waals surface area (Å²) in [4.78, 5) is 12.3. The van der Waals surface area contributed by atoms with Crippen molar-refractivity contribution < 1.29 is 23.7 Å². The van der Waals surface area contributed by atoms with Crippen molar-refractivity contribution >= 4 is 17.6 Å². The number of fused-ring (bicyclic) bond motifs is 1. The molecule has 0 radical (unpaired) electrons. The molecular formula is C26H21ClN2O5. The van der Waals surface area contributed by atoms with Crippen molar-refractivity contribution in [1.29, 1.82) is 5.26 Å². The molecule has 1 heterocycles. The van der Waals surface area contributed by atoms with E-state index in [0.29, 0.717) is 28.7 Å². The molecular weight excluding hydrogens is 456 g/mol. The van der Waals surface area contributed by atoms with Gasteiger partial charge < -0.3 is 24.7 Å². The second-order valence-electron chi connectivity index (χ2n) is 7.34. The highest BCUT2D eigenvalue weighted by Gasteiger charge is 2.31. The summed E-state index contributed by atoms with van der Waals surface area (Å²) in [5.41, 5.74) is 7.94. The summed E-state index contributed by atoms with van der Waals surface area (Å²) in [6.07, 6.45) is 0. The quantitative estimate of drug-likeness (QED) is 0.380. The number of halogens is 1. The third kappa shape index (κ3) is 5.08. The Morgan fingerprint density at radius 1 is 1.03 bits per heavy atom. The molecule has 0 saturated carbocycles. The van der Waals surface area contributed by atoms with Crippen LogP contribution in [0.15, 0.2) is 78.2 Å². The van der Waals surface area contributed by atoms with Crippen molar-refractivity contribution in [3.05, 3.63) is 94.3 Å². The third-order valence-electron chi connectivity index (χ3n) is 5.12. The molecule has 4 rings (SSSR count). The van der Waals surface area contributed by atoms with Crippen LogP contribution in [0.4, 0.5) is 0 Å². The minimum atomic E-state index is -0.588. The summed E-state index contributed by atoms with van der Waals surface area (Å²) in [6, 6.07) is 21.2. The maximum Gasteiger partial charge on any atom is 0.349 e. The van der Waals surface area contributed by atoms with Crippen molar-refractivity contribution in [1.82, 2.24) is 0 Å². The Morgan fingerprint density at radius 3 is 2.35 bits per heavy atom. The molecule has 0 aliphatic carbocycles. The van der Waals surface area contributed by atoms with Crippen LogP contribution in [0.5, 0.6) is 23.0 Å². The number of benzene rings is 3. The molecule has 34 heavy (non-hydrogen) atoms. The largest absolute Gasteiger partial charge is 0.494 e. The molecule has 2 N–H and O–H groups in total. The van der Waals surface area contributed by atoms with Crippen LogP contribution in [-0.4, -0.2) is 19.2 Å². The summed E-state index contributed by atoms with van der Waals surface area (Å²) in [5, 5.41) is 10.3. The summed E-state index contributed by atoms with van der Waals surface area (Å²) in [7, 11) is 0. The zero-order valence-electron chi connectivity index (χ0n) is 18.3. The van der Waals surface area contributed by atoms with Crippen LogP contribution in [0.3, 0.4) is 0 Å². The number of carbonyl (C=O) groups excluding carboxylic acids is 1. The van der Waals surface area contributed by atoms with E-state index in [2.05, 4.69) is 6.07 Å². The minimum Gasteiger partial charge on any atom is -0.494 e. The highest BCUT2D eigenvalue weighted by Crippen LogP contribution is 2.43. The molecule has 1 unspecified atom stereocenters. The first-order chi connectivity index (χ1) is 16.5. The zero-order chi connectivity index (χ0) is 24.1. The van der Waals surface area contributed by atoms with E-state index in [1.807, 2.05) is 31.2 Å². The lowest BCUT2D eigenvalue weighted by Crippen LogP contribution is -2.21. The minimum absolute atomic E-state index is 0.00318. The normalized spacial score (nSPS) is 14.4. The van der Waals surface area contributed by atoms with E-state index in [9.17, 15) is 10.1 Å². The van der Waals surface area contributed by atoms with Gasteiger partial charge in [-0.25, -0.2) is 4.79 Å². The van der Waals surface area contributed by atoms with Crippen molar-refractivity contribution in [2.24, 2.45) is 5.73 Å². The number of nitriles is 1. The van der Waals surface area contributed by atoms with Gasteiger partial charge in [0, 0.05) is 16.7 Å². The van der Waals surface area contributed by atoms with Crippen LogP contribution in [0, 0.1) is 11.3 Å². The molecule has 0 amide bonds. The Labute approximate surface area is 201 Å². The maximum absolute atomic E-state index is 12.3. The van der Waals surface area contributed by atoms with E-state index in [1.54, 1.807) is 42.5 Å². The number of nitrogens with zero attached hydrogens (tertiary/aromatic N) is 1. The van der Waals surface area contributed by atoms with Crippen LogP contribution in [0.25, 0.3) is 0 Å². The van der Waals surface area contributed by atoms with Gasteiger partial charge in [0.05, 0.1) is 12.5 Å². The highest BCUT2D eigenvalue weighted by atomic mass is 35.5. The van der Waals surface area contributed by atoms with Crippen LogP contribution >= 0.6 is 11.6 Å². The monoisotopic (exact) mass is 476 g/mol. The second-order valence-corrected chi connectivity index (χ2v) is 7.78. The Morgan fingerprint density at radius 2 is 1.68 bits per heavy atom. The van der Waals surface area contributed by atoms with Gasteiger partial charge in [-0.15, -0.1) is 0 Å². The van der Waals surface area contributed by atoms with Gasteiger partial charge in [-0.05, 0) is 55.0 Å². The van der Waals surface area contributed by atoms with Crippen molar-refractivity contribution in [3.8, 4) is 29.1 Å². The van der Waals surface area contributed by atoms with Crippen molar-refractivity contribution in [2.75, 3.05) is 13.2 Å². The SMILES string of the molecule is CCOc1ccc(C2C(C#N)=C(N)Oc3cc(OC(=O)COc4ccc(Cl)cc4)ccc32)cc1. The lowest BCUT2D eigenvalue weighted by molar-refractivity contribution is -0.136. The van der Waals surface area contributed by atoms with Gasteiger partial charge >= 0.3 is 5.97 Å². The van der Waals surface area contributed by atoms with Crippen molar-refractivity contribution in [3.63, 3.8) is 0 Å². The lowest BCUT2D eigenvalue weighted by Gasteiger charge is -2.26. The molecule has 1 aliphatic rings. The van der Waals surface area contributed by atoms with Crippen LogP contribution in [0.2, 0.25) is 5.02 Å². The van der Waals surface area contributed by atoms with E-state index in [4.69, 9.17) is 36.3 Å². The molecule has 8 heteroatoms. The number of hydrogen-bond acceptors (Lipinski definition) is 7. The first kappa shape index (κ1) is 23.0. The summed E-state index contributed by atoms with van der Waals surface area (Å²) >= 11 is 5.84. The van der Waals surface area contributed by atoms with Gasteiger partial charge in [0.15, 0.2) is 6.61 Å². The van der Waals surface area contributed by atoms with Crippen LogP contribution < -0.4 is 24.7 Å². The lowest BCUT2D eigenvalue weighted by atomic mass is 9.83. The number of nitrogens with two attached hydrogens (primary N) is 1. The molecule has 1 atom stereocenters. The summed E-state index contributed by atoms with van der Waals surface area (Å²) < 4.78 is 22.0. The number of rotatable bonds is 7. The summed E-state index contributed by atoms with van der Waals surface area (Å²) in [6.45, 7) is 2.19. The molecule has 172 valence electrons. The Bertz CT molecular complexity index is 1260. The molecule has 0 fully saturated rings. The molecule has 1 aliphatic heterocycles. The second kappa shape index (κ2) is 10.2. The molecule has 0 aromatic heterocycles. The van der Waals surface area contributed by atoms with E-state index >= 15 is 0 Å². The van der Waals surface area contributed by atoms with E-state index < -0.39 is 11.9 Å². The van der Waals surface area contributed by atoms with E-state index in [-0.39, 0.29) is 18.2 Å². The fourth-order valence-electron chi connectivity index (χ4n) is 3.60. The fourth-order valence-corrected chi connectivity index (χ4v) is 3.73. The first-order valence-corrected chi connectivity index (χ1v) is 10.9. The predicted molar refractivity (Wildman–Crippen MR) is 126 cm³/mol. The van der Waals surface area contributed by atoms with Crippen LogP contribution in [0.1, 0.15) is 24.0 Å². The van der Waals surface area contributed by atoms with E-state index in [1.165, 1.54) is 0 Å². The number of ether oxygens (including phenoxy) is 4. The van der Waals surface area contributed by atoms with Crippen molar-refractivity contribution in [2.45, 2.75) is 12.8 Å². The Kier molecular flexibility index (Phi) is 6.90. The maximum atomic E-state index is 12.3. The topological polar surface area (TPSA) is 104 Å². The number of allylic oxidation sites excluding steroid dienone is 1.